The van der Waals surface area contributed by atoms with Gasteiger partial charge in [0.2, 0.25) is 0 Å². The van der Waals surface area contributed by atoms with Crippen LogP contribution in [-0.2, 0) is 0 Å². The van der Waals surface area contributed by atoms with E-state index in [4.69, 9.17) is 0 Å². The van der Waals surface area contributed by atoms with Crippen molar-refractivity contribution in [3.05, 3.63) is 0 Å². The maximum absolute atomic E-state index is 2.47. The third kappa shape index (κ3) is 15.8. The van der Waals surface area contributed by atoms with Crippen molar-refractivity contribution in [1.29, 1.82) is 0 Å². The van der Waals surface area contributed by atoms with Gasteiger partial charge >= 0.3 is 0 Å². The molecule has 0 heteroatoms. The summed E-state index contributed by atoms with van der Waals surface area (Å²) < 4.78 is 0. The van der Waals surface area contributed by atoms with Gasteiger partial charge in [-0.2, -0.15) is 0 Å². The van der Waals surface area contributed by atoms with Gasteiger partial charge in [-0.15, -0.1) is 0 Å². The van der Waals surface area contributed by atoms with Gasteiger partial charge < -0.3 is 0 Å². The Morgan fingerprint density at radius 2 is 0.700 bits per heavy atom. The minimum absolute atomic E-state index is 0.403. The van der Waals surface area contributed by atoms with Crippen molar-refractivity contribution >= 4 is 0 Å². The molecular weight excluding hydrogens is 360 g/mol. The Hall–Kier alpha value is 0. The summed E-state index contributed by atoms with van der Waals surface area (Å²) >= 11 is 0. The Morgan fingerprint density at radius 1 is 0.433 bits per heavy atom. The molecule has 0 aliphatic heterocycles. The van der Waals surface area contributed by atoms with Crippen LogP contribution in [0.4, 0.5) is 0 Å². The zero-order valence-electron chi connectivity index (χ0n) is 22.7. The summed E-state index contributed by atoms with van der Waals surface area (Å²) in [5.41, 5.74) is 0.835. The van der Waals surface area contributed by atoms with Crippen LogP contribution in [0.5, 0.6) is 0 Å². The SMILES string of the molecule is CCCCCCCCCCCCCCCCCCCCCC(C)C(C)(C)C(C)(C)C. The van der Waals surface area contributed by atoms with Crippen LogP contribution in [0.15, 0.2) is 0 Å². The first kappa shape index (κ1) is 30.0. The standard InChI is InChI=1S/C30H62/c1-8-9-10-11-12-13-14-15-16-17-18-19-20-21-22-23-24-25-26-27-28(2)30(6,7)29(3,4)5/h28H,8-27H2,1-7H3. The van der Waals surface area contributed by atoms with Gasteiger partial charge in [0.1, 0.15) is 0 Å². The zero-order chi connectivity index (χ0) is 22.7. The molecule has 0 aromatic heterocycles. The Bertz CT molecular complexity index is 346. The van der Waals surface area contributed by atoms with E-state index in [0.717, 1.165) is 5.92 Å². The molecule has 1 atom stereocenters. The second-order valence-corrected chi connectivity index (χ2v) is 12.0. The van der Waals surface area contributed by atoms with E-state index in [2.05, 4.69) is 48.5 Å². The number of unbranched alkanes of at least 4 members (excludes halogenated alkanes) is 18. The lowest BCUT2D eigenvalue weighted by Crippen LogP contribution is -2.35. The average molecular weight is 423 g/mol. The highest BCUT2D eigenvalue weighted by Crippen LogP contribution is 2.45. The third-order valence-corrected chi connectivity index (χ3v) is 8.41. The van der Waals surface area contributed by atoms with Crippen molar-refractivity contribution in [3.63, 3.8) is 0 Å². The Labute approximate surface area is 193 Å². The highest BCUT2D eigenvalue weighted by atomic mass is 14.4. The van der Waals surface area contributed by atoms with Crippen LogP contribution in [0.25, 0.3) is 0 Å². The van der Waals surface area contributed by atoms with Crippen LogP contribution in [0.3, 0.4) is 0 Å². The minimum atomic E-state index is 0.403. The molecule has 0 fully saturated rings. The fourth-order valence-electron chi connectivity index (χ4n) is 4.63. The Kier molecular flexibility index (Phi) is 18.6. The van der Waals surface area contributed by atoms with E-state index in [1.165, 1.54) is 128 Å². The lowest BCUT2D eigenvalue weighted by Gasteiger charge is -2.44. The van der Waals surface area contributed by atoms with Crippen LogP contribution < -0.4 is 0 Å². The van der Waals surface area contributed by atoms with E-state index < -0.39 is 0 Å². The molecular formula is C30H62. The van der Waals surface area contributed by atoms with E-state index >= 15 is 0 Å². The quantitative estimate of drug-likeness (QED) is 0.161. The first-order valence-corrected chi connectivity index (χ1v) is 14.2. The molecule has 0 bridgehead atoms. The second-order valence-electron chi connectivity index (χ2n) is 12.0. The summed E-state index contributed by atoms with van der Waals surface area (Å²) in [7, 11) is 0. The fourth-order valence-corrected chi connectivity index (χ4v) is 4.63. The van der Waals surface area contributed by atoms with Crippen molar-refractivity contribution in [2.24, 2.45) is 16.7 Å². The van der Waals surface area contributed by atoms with Crippen molar-refractivity contribution in [2.45, 2.75) is 177 Å². The molecule has 0 radical (unpaired) electrons. The summed E-state index contributed by atoms with van der Waals surface area (Å²) in [5.74, 6) is 0.822. The van der Waals surface area contributed by atoms with Gasteiger partial charge in [0.05, 0.1) is 0 Å². The molecule has 0 aromatic rings. The van der Waals surface area contributed by atoms with Crippen LogP contribution in [-0.4, -0.2) is 0 Å². The van der Waals surface area contributed by atoms with Crippen LogP contribution in [0, 0.1) is 16.7 Å². The fraction of sp³-hybridized carbons (Fsp3) is 1.00. The first-order chi connectivity index (χ1) is 14.2. The summed E-state index contributed by atoms with van der Waals surface area (Å²) in [5, 5.41) is 0. The maximum atomic E-state index is 2.47. The summed E-state index contributed by atoms with van der Waals surface area (Å²) in [6.45, 7) is 16.9. The molecule has 0 aliphatic rings. The second kappa shape index (κ2) is 18.6. The van der Waals surface area contributed by atoms with E-state index in [1.54, 1.807) is 0 Å². The Balaban J connectivity index is 3.29. The molecule has 1 unspecified atom stereocenters. The van der Waals surface area contributed by atoms with Gasteiger partial charge in [-0.25, -0.2) is 0 Å². The van der Waals surface area contributed by atoms with E-state index in [9.17, 15) is 0 Å². The van der Waals surface area contributed by atoms with Gasteiger partial charge in [0, 0.05) is 0 Å². The van der Waals surface area contributed by atoms with Crippen LogP contribution in [0.1, 0.15) is 177 Å². The van der Waals surface area contributed by atoms with Crippen molar-refractivity contribution in [3.8, 4) is 0 Å². The van der Waals surface area contributed by atoms with Gasteiger partial charge in [-0.05, 0) is 16.7 Å². The largest absolute Gasteiger partial charge is 0.0654 e. The van der Waals surface area contributed by atoms with Crippen molar-refractivity contribution < 1.29 is 0 Å². The van der Waals surface area contributed by atoms with Crippen molar-refractivity contribution in [1.82, 2.24) is 0 Å². The van der Waals surface area contributed by atoms with E-state index in [0.29, 0.717) is 10.8 Å². The number of hydrogen-bond acceptors (Lipinski definition) is 0. The summed E-state index contributed by atoms with van der Waals surface area (Å²) in [6, 6.07) is 0. The molecule has 0 aliphatic carbocycles. The molecule has 30 heavy (non-hydrogen) atoms. The van der Waals surface area contributed by atoms with Gasteiger partial charge in [0.25, 0.3) is 0 Å². The molecule has 0 amide bonds. The molecule has 0 aromatic carbocycles. The Morgan fingerprint density at radius 3 is 0.967 bits per heavy atom. The number of rotatable bonds is 21. The maximum Gasteiger partial charge on any atom is -0.0280 e. The first-order valence-electron chi connectivity index (χ1n) is 14.2. The normalized spacial score (nSPS) is 13.7. The molecule has 0 spiro atoms. The molecule has 0 saturated heterocycles. The minimum Gasteiger partial charge on any atom is -0.0654 e. The van der Waals surface area contributed by atoms with Crippen molar-refractivity contribution in [2.75, 3.05) is 0 Å². The smallest absolute Gasteiger partial charge is 0.0280 e. The number of hydrogen-bond donors (Lipinski definition) is 0. The monoisotopic (exact) mass is 422 g/mol. The average Bonchev–Trinajstić information content (AvgIpc) is 2.68. The third-order valence-electron chi connectivity index (χ3n) is 8.41. The molecule has 182 valence electrons. The van der Waals surface area contributed by atoms with Gasteiger partial charge in [0.15, 0.2) is 0 Å². The lowest BCUT2D eigenvalue weighted by atomic mass is 9.61. The van der Waals surface area contributed by atoms with Crippen LogP contribution >= 0.6 is 0 Å². The zero-order valence-corrected chi connectivity index (χ0v) is 22.7. The van der Waals surface area contributed by atoms with Gasteiger partial charge in [-0.3, -0.25) is 0 Å². The highest BCUT2D eigenvalue weighted by molar-refractivity contribution is 4.86. The highest BCUT2D eigenvalue weighted by Gasteiger charge is 2.36. The predicted octanol–water partition coefficient (Wildman–Crippen LogP) is 11.5. The van der Waals surface area contributed by atoms with E-state index in [1.807, 2.05) is 0 Å². The van der Waals surface area contributed by atoms with E-state index in [-0.39, 0.29) is 0 Å². The molecule has 0 rings (SSSR count). The molecule has 0 nitrogen and oxygen atoms in total. The topological polar surface area (TPSA) is 0 Å². The molecule has 0 heterocycles. The summed E-state index contributed by atoms with van der Waals surface area (Å²) in [6.07, 6.45) is 29.3. The molecule has 0 N–H and O–H groups in total. The lowest BCUT2D eigenvalue weighted by molar-refractivity contribution is 0.0578. The predicted molar refractivity (Wildman–Crippen MR) is 140 cm³/mol. The van der Waals surface area contributed by atoms with Crippen LogP contribution in [0.2, 0.25) is 0 Å². The summed E-state index contributed by atoms with van der Waals surface area (Å²) in [4.78, 5) is 0. The molecule has 0 saturated carbocycles. The van der Waals surface area contributed by atoms with Gasteiger partial charge in [-0.1, -0.05) is 177 Å².